The van der Waals surface area contributed by atoms with Gasteiger partial charge < -0.3 is 15.4 Å². The van der Waals surface area contributed by atoms with Crippen LogP contribution in [0.4, 0.5) is 14.5 Å². The van der Waals surface area contributed by atoms with Crippen LogP contribution in [0.1, 0.15) is 42.3 Å². The monoisotopic (exact) mass is 507 g/mol. The van der Waals surface area contributed by atoms with Gasteiger partial charge in [-0.1, -0.05) is 0 Å². The molecule has 0 bridgehead atoms. The molecule has 0 atom stereocenters. The van der Waals surface area contributed by atoms with Crippen LogP contribution in [-0.2, 0) is 16.8 Å². The van der Waals surface area contributed by atoms with Crippen molar-refractivity contribution in [3.63, 3.8) is 0 Å². The Kier molecular flexibility index (Phi) is 6.93. The van der Waals surface area contributed by atoms with Crippen LogP contribution in [0.3, 0.4) is 0 Å². The van der Waals surface area contributed by atoms with Crippen LogP contribution >= 0.6 is 0 Å². The average molecular weight is 508 g/mol. The molecule has 37 heavy (non-hydrogen) atoms. The number of amides is 2. The lowest BCUT2D eigenvalue weighted by molar-refractivity contribution is -0.115. The Morgan fingerprint density at radius 1 is 1.08 bits per heavy atom. The first kappa shape index (κ1) is 25.7. The summed E-state index contributed by atoms with van der Waals surface area (Å²) >= 11 is 0. The molecule has 0 aliphatic rings. The zero-order valence-corrected chi connectivity index (χ0v) is 21.1. The molecule has 8 nitrogen and oxygen atoms in total. The van der Waals surface area contributed by atoms with Crippen molar-refractivity contribution in [1.82, 2.24) is 20.1 Å². The molecule has 192 valence electrons. The zero-order chi connectivity index (χ0) is 26.9. The van der Waals surface area contributed by atoms with E-state index in [4.69, 9.17) is 4.74 Å². The van der Waals surface area contributed by atoms with E-state index in [1.165, 1.54) is 25.4 Å². The van der Waals surface area contributed by atoms with Gasteiger partial charge in [-0.3, -0.25) is 19.3 Å². The molecular weight excluding hydrogens is 480 g/mol. The largest absolute Gasteiger partial charge is 0.456 e. The SMILES string of the molecule is CNC(=O)c1cc2c(Oc3cc(F)c(CC(=O)Nc4cnn(C(C)(C)C)c4)cc3C)ccnc2cc1F. The Labute approximate surface area is 212 Å². The number of hydrogen-bond acceptors (Lipinski definition) is 5. The highest BCUT2D eigenvalue weighted by Gasteiger charge is 2.18. The van der Waals surface area contributed by atoms with Crippen LogP contribution in [0.5, 0.6) is 11.5 Å². The third kappa shape index (κ3) is 5.58. The lowest BCUT2D eigenvalue weighted by Gasteiger charge is -2.18. The predicted molar refractivity (Wildman–Crippen MR) is 136 cm³/mol. The van der Waals surface area contributed by atoms with Crippen LogP contribution in [0, 0.1) is 18.6 Å². The van der Waals surface area contributed by atoms with Crippen molar-refractivity contribution in [2.24, 2.45) is 0 Å². The number of ether oxygens (including phenoxy) is 1. The molecular formula is C27H27F2N5O3. The van der Waals surface area contributed by atoms with E-state index in [1.807, 2.05) is 20.8 Å². The second kappa shape index (κ2) is 9.96. The summed E-state index contributed by atoms with van der Waals surface area (Å²) in [4.78, 5) is 28.7. The second-order valence-corrected chi connectivity index (χ2v) is 9.62. The van der Waals surface area contributed by atoms with Crippen LogP contribution in [-0.4, -0.2) is 33.6 Å². The lowest BCUT2D eigenvalue weighted by Crippen LogP contribution is -2.22. The van der Waals surface area contributed by atoms with E-state index in [1.54, 1.807) is 36.1 Å². The van der Waals surface area contributed by atoms with Gasteiger partial charge in [0.15, 0.2) is 0 Å². The smallest absolute Gasteiger partial charge is 0.254 e. The minimum atomic E-state index is -0.716. The maximum atomic E-state index is 15.0. The number of benzene rings is 2. The first-order valence-corrected chi connectivity index (χ1v) is 11.6. The quantitative estimate of drug-likeness (QED) is 0.378. The fourth-order valence-electron chi connectivity index (χ4n) is 3.76. The number of aryl methyl sites for hydroxylation is 1. The van der Waals surface area contributed by atoms with Gasteiger partial charge in [-0.05, 0) is 57.0 Å². The van der Waals surface area contributed by atoms with Gasteiger partial charge in [-0.2, -0.15) is 5.10 Å². The number of halogens is 2. The van der Waals surface area contributed by atoms with E-state index in [0.29, 0.717) is 16.6 Å². The van der Waals surface area contributed by atoms with Crippen molar-refractivity contribution in [2.45, 2.75) is 39.7 Å². The highest BCUT2D eigenvalue weighted by molar-refractivity contribution is 5.99. The van der Waals surface area contributed by atoms with Crippen LogP contribution in [0.2, 0.25) is 0 Å². The van der Waals surface area contributed by atoms with Crippen LogP contribution < -0.4 is 15.4 Å². The molecule has 2 aromatic heterocycles. The summed E-state index contributed by atoms with van der Waals surface area (Å²) in [6, 6.07) is 6.78. The molecule has 0 spiro atoms. The number of fused-ring (bicyclic) bond motifs is 1. The van der Waals surface area contributed by atoms with Crippen molar-refractivity contribution < 1.29 is 23.1 Å². The molecule has 2 aromatic carbocycles. The third-order valence-electron chi connectivity index (χ3n) is 5.73. The number of pyridine rings is 1. The maximum absolute atomic E-state index is 15.0. The summed E-state index contributed by atoms with van der Waals surface area (Å²) in [5.41, 5.74) is 1.20. The third-order valence-corrected chi connectivity index (χ3v) is 5.73. The molecule has 0 unspecified atom stereocenters. The van der Waals surface area contributed by atoms with E-state index in [-0.39, 0.29) is 46.0 Å². The van der Waals surface area contributed by atoms with Gasteiger partial charge in [0.25, 0.3) is 5.91 Å². The Morgan fingerprint density at radius 3 is 2.51 bits per heavy atom. The van der Waals surface area contributed by atoms with Crippen LogP contribution in [0.25, 0.3) is 10.9 Å². The Balaban J connectivity index is 1.55. The number of carbonyl (C=O) groups excluding carboxylic acids is 2. The molecule has 0 radical (unpaired) electrons. The minimum Gasteiger partial charge on any atom is -0.456 e. The molecule has 2 amide bonds. The number of nitrogens with one attached hydrogen (secondary N) is 2. The van der Waals surface area contributed by atoms with E-state index < -0.39 is 17.5 Å². The fourth-order valence-corrected chi connectivity index (χ4v) is 3.76. The summed E-state index contributed by atoms with van der Waals surface area (Å²) in [7, 11) is 1.40. The summed E-state index contributed by atoms with van der Waals surface area (Å²) in [5.74, 6) is -1.82. The predicted octanol–water partition coefficient (Wildman–Crippen LogP) is 5.11. The first-order chi connectivity index (χ1) is 17.5. The van der Waals surface area contributed by atoms with Gasteiger partial charge in [0.05, 0.1) is 34.9 Å². The molecule has 2 N–H and O–H groups in total. The number of aromatic nitrogens is 3. The van der Waals surface area contributed by atoms with Gasteiger partial charge in [-0.15, -0.1) is 0 Å². The van der Waals surface area contributed by atoms with Gasteiger partial charge in [0.2, 0.25) is 5.91 Å². The van der Waals surface area contributed by atoms with E-state index in [2.05, 4.69) is 20.7 Å². The summed E-state index contributed by atoms with van der Waals surface area (Å²) in [6.07, 6.45) is 4.52. The number of anilines is 1. The van der Waals surface area contributed by atoms with Crippen molar-refractivity contribution in [1.29, 1.82) is 0 Å². The van der Waals surface area contributed by atoms with Crippen molar-refractivity contribution in [3.8, 4) is 11.5 Å². The summed E-state index contributed by atoms with van der Waals surface area (Å²) in [5, 5.41) is 9.76. The number of nitrogens with zero attached hydrogens (tertiary/aromatic N) is 3. The van der Waals surface area contributed by atoms with E-state index in [0.717, 1.165) is 6.07 Å². The summed E-state index contributed by atoms with van der Waals surface area (Å²) < 4.78 is 37.0. The zero-order valence-electron chi connectivity index (χ0n) is 21.1. The van der Waals surface area contributed by atoms with Gasteiger partial charge >= 0.3 is 0 Å². The average Bonchev–Trinajstić information content (AvgIpc) is 3.30. The van der Waals surface area contributed by atoms with Crippen molar-refractivity contribution in [3.05, 3.63) is 77.2 Å². The highest BCUT2D eigenvalue weighted by atomic mass is 19.1. The summed E-state index contributed by atoms with van der Waals surface area (Å²) in [6.45, 7) is 7.69. The Morgan fingerprint density at radius 2 is 1.84 bits per heavy atom. The molecule has 0 aliphatic carbocycles. The Hall–Kier alpha value is -4.34. The maximum Gasteiger partial charge on any atom is 0.254 e. The van der Waals surface area contributed by atoms with Gasteiger partial charge in [0.1, 0.15) is 23.1 Å². The van der Waals surface area contributed by atoms with Crippen LogP contribution in [0.15, 0.2) is 48.9 Å². The molecule has 4 rings (SSSR count). The molecule has 0 fully saturated rings. The fraction of sp³-hybridized carbons (Fsp3) is 0.259. The number of hydrogen-bond donors (Lipinski definition) is 2. The molecule has 2 heterocycles. The molecule has 0 saturated carbocycles. The van der Waals surface area contributed by atoms with Crippen molar-refractivity contribution >= 4 is 28.4 Å². The molecule has 0 aliphatic heterocycles. The second-order valence-electron chi connectivity index (χ2n) is 9.62. The Bertz CT molecular complexity index is 1510. The minimum absolute atomic E-state index is 0.162. The number of rotatable bonds is 6. The molecule has 10 heteroatoms. The lowest BCUT2D eigenvalue weighted by atomic mass is 10.1. The molecule has 0 saturated heterocycles. The van der Waals surface area contributed by atoms with Crippen molar-refractivity contribution in [2.75, 3.05) is 12.4 Å². The highest BCUT2D eigenvalue weighted by Crippen LogP contribution is 2.33. The number of carbonyl (C=O) groups is 2. The normalized spacial score (nSPS) is 11.4. The standard InChI is InChI=1S/C27H27F2N5O3/c1-15-8-16(9-25(35)33-17-13-32-34(14-17)27(2,3)4)20(28)12-24(15)37-23-6-7-31-22-11-21(29)18(10-19(22)23)26(36)30-5/h6-8,10-14H,9H2,1-5H3,(H,30,36)(H,33,35). The van der Waals surface area contributed by atoms with E-state index in [9.17, 15) is 18.4 Å². The molecule has 4 aromatic rings. The van der Waals surface area contributed by atoms with Gasteiger partial charge in [-0.25, -0.2) is 8.78 Å². The van der Waals surface area contributed by atoms with E-state index >= 15 is 0 Å². The first-order valence-electron chi connectivity index (χ1n) is 11.6. The topological polar surface area (TPSA) is 98.1 Å². The van der Waals surface area contributed by atoms with Gasteiger partial charge in [0, 0.05) is 37.0 Å².